The van der Waals surface area contributed by atoms with Gasteiger partial charge in [0.15, 0.2) is 0 Å². The van der Waals surface area contributed by atoms with Crippen LogP contribution < -0.4 is 10.6 Å². The van der Waals surface area contributed by atoms with Crippen LogP contribution in [-0.2, 0) is 18.4 Å². The normalized spacial score (nSPS) is 20.7. The summed E-state index contributed by atoms with van der Waals surface area (Å²) in [6, 6.07) is 1.90. The van der Waals surface area contributed by atoms with Crippen molar-refractivity contribution in [3.63, 3.8) is 0 Å². The van der Waals surface area contributed by atoms with E-state index >= 15 is 0 Å². The summed E-state index contributed by atoms with van der Waals surface area (Å²) >= 11 is 0. The number of nitrogens with zero attached hydrogens (tertiary/aromatic N) is 2. The van der Waals surface area contributed by atoms with Gasteiger partial charge in [0.05, 0.1) is 18.3 Å². The fourth-order valence-corrected chi connectivity index (χ4v) is 1.95. The fourth-order valence-electron chi connectivity index (χ4n) is 1.95. The molecule has 1 fully saturated rings. The summed E-state index contributed by atoms with van der Waals surface area (Å²) in [7, 11) is 1.88. The van der Waals surface area contributed by atoms with Gasteiger partial charge < -0.3 is 10.6 Å². The summed E-state index contributed by atoms with van der Waals surface area (Å²) in [4.78, 5) is 11.8. The Morgan fingerprint density at radius 1 is 1.69 bits per heavy atom. The molecule has 0 bridgehead atoms. The quantitative estimate of drug-likeness (QED) is 0.767. The van der Waals surface area contributed by atoms with Crippen molar-refractivity contribution in [3.8, 4) is 0 Å². The molecule has 1 atom stereocenters. The third kappa shape index (κ3) is 2.61. The number of carbonyl (C=O) groups excluding carboxylic acids is 1. The molecule has 2 N–H and O–H groups in total. The van der Waals surface area contributed by atoms with Crippen LogP contribution in [-0.4, -0.2) is 28.3 Å². The van der Waals surface area contributed by atoms with Gasteiger partial charge in [0.25, 0.3) is 0 Å². The van der Waals surface area contributed by atoms with Crippen LogP contribution in [0.15, 0.2) is 12.3 Å². The lowest BCUT2D eigenvalue weighted by molar-refractivity contribution is -0.123. The second kappa shape index (κ2) is 5.12. The van der Waals surface area contributed by atoms with E-state index in [1.54, 1.807) is 10.9 Å². The molecule has 1 saturated heterocycles. The maximum absolute atomic E-state index is 11.8. The van der Waals surface area contributed by atoms with Crippen LogP contribution in [0.1, 0.15) is 25.0 Å². The Kier molecular flexibility index (Phi) is 3.56. The molecular weight excluding hydrogens is 204 g/mol. The summed E-state index contributed by atoms with van der Waals surface area (Å²) in [5.41, 5.74) is 1.02. The minimum absolute atomic E-state index is 0.0121. The monoisotopic (exact) mass is 222 g/mol. The van der Waals surface area contributed by atoms with Crippen molar-refractivity contribution in [2.45, 2.75) is 31.8 Å². The molecular formula is C11H18N4O. The van der Waals surface area contributed by atoms with E-state index in [2.05, 4.69) is 15.7 Å². The van der Waals surface area contributed by atoms with E-state index in [0.717, 1.165) is 25.1 Å². The second-order valence-electron chi connectivity index (χ2n) is 4.17. The van der Waals surface area contributed by atoms with Gasteiger partial charge in [-0.15, -0.1) is 0 Å². The summed E-state index contributed by atoms with van der Waals surface area (Å²) in [5, 5.41) is 10.2. The standard InChI is InChI=1S/C11H18N4O/c1-15-9(5-7-14-15)8-13-11(16)10-4-2-3-6-12-10/h5,7,10,12H,2-4,6,8H2,1H3,(H,13,16)/t10-/m1/s1. The Morgan fingerprint density at radius 3 is 3.19 bits per heavy atom. The molecule has 1 aliphatic heterocycles. The zero-order valence-corrected chi connectivity index (χ0v) is 9.57. The fraction of sp³-hybridized carbons (Fsp3) is 0.636. The molecule has 0 saturated carbocycles. The minimum Gasteiger partial charge on any atom is -0.349 e. The molecule has 1 aromatic heterocycles. The topological polar surface area (TPSA) is 59.0 Å². The van der Waals surface area contributed by atoms with E-state index in [0.29, 0.717) is 6.54 Å². The molecule has 2 rings (SSSR count). The summed E-state index contributed by atoms with van der Waals surface area (Å²) in [5.74, 6) is 0.0981. The first-order chi connectivity index (χ1) is 7.77. The third-order valence-electron chi connectivity index (χ3n) is 2.99. The number of aromatic nitrogens is 2. The van der Waals surface area contributed by atoms with Gasteiger partial charge in [0.2, 0.25) is 5.91 Å². The lowest BCUT2D eigenvalue weighted by Gasteiger charge is -2.22. The minimum atomic E-state index is -0.0121. The van der Waals surface area contributed by atoms with E-state index in [4.69, 9.17) is 0 Å². The second-order valence-corrected chi connectivity index (χ2v) is 4.17. The average molecular weight is 222 g/mol. The van der Waals surface area contributed by atoms with E-state index in [-0.39, 0.29) is 11.9 Å². The SMILES string of the molecule is Cn1nccc1CNC(=O)[C@H]1CCCCN1. The largest absolute Gasteiger partial charge is 0.349 e. The van der Waals surface area contributed by atoms with Crippen LogP contribution in [0.5, 0.6) is 0 Å². The van der Waals surface area contributed by atoms with Crippen molar-refractivity contribution >= 4 is 5.91 Å². The van der Waals surface area contributed by atoms with Gasteiger partial charge >= 0.3 is 0 Å². The predicted octanol–water partition coefficient (Wildman–Crippen LogP) is 0.178. The molecule has 1 aliphatic rings. The lowest BCUT2D eigenvalue weighted by atomic mass is 10.0. The summed E-state index contributed by atoms with van der Waals surface area (Å²) in [6.45, 7) is 1.50. The Balaban J connectivity index is 1.81. The highest BCUT2D eigenvalue weighted by atomic mass is 16.2. The van der Waals surface area contributed by atoms with Crippen molar-refractivity contribution < 1.29 is 4.79 Å². The van der Waals surface area contributed by atoms with Crippen molar-refractivity contribution in [2.75, 3.05) is 6.54 Å². The first-order valence-electron chi connectivity index (χ1n) is 5.75. The molecule has 0 aliphatic carbocycles. The van der Waals surface area contributed by atoms with Crippen molar-refractivity contribution in [1.82, 2.24) is 20.4 Å². The maximum atomic E-state index is 11.8. The van der Waals surface area contributed by atoms with Crippen LogP contribution in [0.3, 0.4) is 0 Å². The number of carbonyl (C=O) groups is 1. The van der Waals surface area contributed by atoms with Gasteiger partial charge in [-0.2, -0.15) is 5.10 Å². The van der Waals surface area contributed by atoms with Gasteiger partial charge in [-0.3, -0.25) is 9.48 Å². The Hall–Kier alpha value is -1.36. The van der Waals surface area contributed by atoms with Gasteiger partial charge in [-0.05, 0) is 25.5 Å². The number of nitrogens with one attached hydrogen (secondary N) is 2. The number of hydrogen-bond acceptors (Lipinski definition) is 3. The van der Waals surface area contributed by atoms with Crippen LogP contribution in [0.2, 0.25) is 0 Å². The molecule has 0 aromatic carbocycles. The van der Waals surface area contributed by atoms with Crippen molar-refractivity contribution in [3.05, 3.63) is 18.0 Å². The number of rotatable bonds is 3. The Labute approximate surface area is 95.2 Å². The Morgan fingerprint density at radius 2 is 2.56 bits per heavy atom. The number of piperidine rings is 1. The van der Waals surface area contributed by atoms with E-state index < -0.39 is 0 Å². The third-order valence-corrected chi connectivity index (χ3v) is 2.99. The highest BCUT2D eigenvalue weighted by Crippen LogP contribution is 2.07. The highest BCUT2D eigenvalue weighted by Gasteiger charge is 2.19. The molecule has 88 valence electrons. The molecule has 5 nitrogen and oxygen atoms in total. The van der Waals surface area contributed by atoms with E-state index in [9.17, 15) is 4.79 Å². The first kappa shape index (κ1) is 11.1. The van der Waals surface area contributed by atoms with Crippen LogP contribution in [0.4, 0.5) is 0 Å². The first-order valence-corrected chi connectivity index (χ1v) is 5.75. The van der Waals surface area contributed by atoms with Crippen LogP contribution in [0.25, 0.3) is 0 Å². The van der Waals surface area contributed by atoms with Gasteiger partial charge in [0, 0.05) is 13.2 Å². The zero-order valence-electron chi connectivity index (χ0n) is 9.57. The molecule has 0 spiro atoms. The predicted molar refractivity (Wildman–Crippen MR) is 60.7 cm³/mol. The van der Waals surface area contributed by atoms with E-state index in [1.807, 2.05) is 13.1 Å². The number of hydrogen-bond donors (Lipinski definition) is 2. The molecule has 1 aromatic rings. The van der Waals surface area contributed by atoms with Crippen molar-refractivity contribution in [1.29, 1.82) is 0 Å². The maximum Gasteiger partial charge on any atom is 0.237 e. The highest BCUT2D eigenvalue weighted by molar-refractivity contribution is 5.81. The molecule has 16 heavy (non-hydrogen) atoms. The Bertz CT molecular complexity index is 355. The molecule has 1 amide bonds. The van der Waals surface area contributed by atoms with Crippen LogP contribution >= 0.6 is 0 Å². The lowest BCUT2D eigenvalue weighted by Crippen LogP contribution is -2.46. The van der Waals surface area contributed by atoms with Gasteiger partial charge in [-0.1, -0.05) is 6.42 Å². The van der Waals surface area contributed by atoms with Crippen LogP contribution in [0, 0.1) is 0 Å². The van der Waals surface area contributed by atoms with E-state index in [1.165, 1.54) is 6.42 Å². The van der Waals surface area contributed by atoms with Gasteiger partial charge in [0.1, 0.15) is 0 Å². The smallest absolute Gasteiger partial charge is 0.237 e. The molecule has 2 heterocycles. The molecule has 0 radical (unpaired) electrons. The van der Waals surface area contributed by atoms with Crippen molar-refractivity contribution in [2.24, 2.45) is 7.05 Å². The number of amides is 1. The average Bonchev–Trinajstić information content (AvgIpc) is 2.73. The number of aryl methyl sites for hydroxylation is 1. The molecule has 0 unspecified atom stereocenters. The summed E-state index contributed by atoms with van der Waals surface area (Å²) < 4.78 is 1.77. The zero-order chi connectivity index (χ0) is 11.4. The van der Waals surface area contributed by atoms with Gasteiger partial charge in [-0.25, -0.2) is 0 Å². The summed E-state index contributed by atoms with van der Waals surface area (Å²) in [6.07, 6.45) is 4.99. The molecule has 5 heteroatoms.